The van der Waals surface area contributed by atoms with Gasteiger partial charge < -0.3 is 70.5 Å². The van der Waals surface area contributed by atoms with Crippen molar-refractivity contribution in [1.82, 2.24) is 94.7 Å². The number of nitrogens with one attached hydrogen (secondary N) is 2. The van der Waals surface area contributed by atoms with Gasteiger partial charge in [-0.2, -0.15) is 0 Å². The van der Waals surface area contributed by atoms with Crippen LogP contribution in [-0.4, -0.2) is 190 Å². The van der Waals surface area contributed by atoms with Crippen molar-refractivity contribution in [2.45, 2.75) is 0 Å². The molecule has 0 unspecified atom stereocenters. The van der Waals surface area contributed by atoms with Crippen LogP contribution in [0.1, 0.15) is 0 Å². The second kappa shape index (κ2) is 42.1. The van der Waals surface area contributed by atoms with Crippen LogP contribution in [0.2, 0.25) is 0 Å². The number of nitrogens with two attached hydrogens (primary N) is 2. The standard InChI is InChI=1S/C15H15N3OS.2C13H12N4OS.C13H11N3O2S.C13H11N3OS.2C12H10N4OS/c1-18(2)10-4-6-13(16-9-10)15-17-12-7-5-11(19-3)8-14(12)20-15;1-17(2)13-14-6-8(7-15-13)12-16-10-4-3-9(18)5-11(10)19-12;1-14-13-15-6-8(7-16-13)12-17-10-4-3-9(18-2)5-11(10)19-12;1-17-9-3-4-10-11(5-9)19-12(16-10)8-6-14-13(18-2)15-7-8;1-17-9-3-5-10-12(6-9)18-13(16-10)11-4-2-8(14)7-15-11;1-17-8-2-3-9-10(4-8)18-11(16-9)7-5-14-12(13)15-6-7;1-13-12-14-5-7(6-15-12)11-16-9-3-2-8(17)4-10(9)18-11/h4-9H,1-3H3;3-7,18H,1-2H3;3-7H,1-2H3,(H,14,15,16);3-7H,1-2H3;2-7H,14H2,1H3;2-6H,1H3,(H2,13,14,15);2-6,17H,1H3,(H,13,14,15). The number of phenols is 2. The Morgan fingerprint density at radius 1 is 0.282 bits per heavy atom. The van der Waals surface area contributed by atoms with E-state index in [-0.39, 0.29) is 17.4 Å². The Morgan fingerprint density at radius 2 is 0.565 bits per heavy atom. The number of pyridine rings is 2. The number of nitrogen functional groups attached to an aromatic ring is 2. The van der Waals surface area contributed by atoms with Gasteiger partial charge in [-0.05, 0) is 152 Å². The van der Waals surface area contributed by atoms with Gasteiger partial charge in [-0.1, -0.05) is 0 Å². The number of anilines is 6. The van der Waals surface area contributed by atoms with E-state index in [2.05, 4.69) is 111 Å². The summed E-state index contributed by atoms with van der Waals surface area (Å²) in [6.07, 6.45) is 20.8. The molecule has 0 radical (unpaired) electrons. The lowest BCUT2D eigenvalue weighted by Crippen LogP contribution is -2.12. The van der Waals surface area contributed by atoms with E-state index in [0.717, 1.165) is 180 Å². The lowest BCUT2D eigenvalue weighted by Gasteiger charge is -2.11. The van der Waals surface area contributed by atoms with E-state index >= 15 is 0 Å². The highest BCUT2D eigenvalue weighted by Gasteiger charge is 2.17. The third kappa shape index (κ3) is 22.6. The van der Waals surface area contributed by atoms with Crippen LogP contribution in [0.5, 0.6) is 46.3 Å². The van der Waals surface area contributed by atoms with Gasteiger partial charge in [0.25, 0.3) is 0 Å². The Bertz CT molecular complexity index is 7170. The summed E-state index contributed by atoms with van der Waals surface area (Å²) in [6.45, 7) is 0. The highest BCUT2D eigenvalue weighted by atomic mass is 32.1. The maximum atomic E-state index is 9.46. The molecule has 33 nitrogen and oxygen atoms in total. The molecular formula is C91H81N25O8S7. The van der Waals surface area contributed by atoms with E-state index in [4.69, 9.17) is 39.9 Å². The molecule has 0 bridgehead atoms. The molecule has 21 rings (SSSR count). The van der Waals surface area contributed by atoms with E-state index in [0.29, 0.717) is 29.5 Å². The molecular weight excluding hydrogens is 1800 g/mol. The van der Waals surface area contributed by atoms with Gasteiger partial charge >= 0.3 is 6.01 Å². The number of aromatic nitrogens is 19. The zero-order valence-corrected chi connectivity index (χ0v) is 77.8. The molecule has 0 atom stereocenters. The number of thiazole rings is 7. The SMILES string of the molecule is CN(C)c1ncc(-c2nc3ccc(O)cc3s2)cn1.CNc1ncc(-c2nc3ccc(O)cc3s2)cn1.CNc1ncc(-c2nc3ccc(OC)cc3s2)cn1.COc1ccc2nc(-c3ccc(N(C)C)cn3)sc2c1.COc1ccc2nc(-c3ccc(N)cn3)sc2c1.COc1ccc2nc(-c3cnc(N)nc3)sc2c1.COc1ccc2nc(-c3cnc(OC)nc3)sc2c1. The average molecular weight is 1880 g/mol. The van der Waals surface area contributed by atoms with Crippen molar-refractivity contribution in [1.29, 1.82) is 0 Å². The maximum Gasteiger partial charge on any atom is 0.316 e. The van der Waals surface area contributed by atoms with Crippen LogP contribution >= 0.6 is 79.4 Å². The van der Waals surface area contributed by atoms with Crippen molar-refractivity contribution in [2.24, 2.45) is 0 Å². The minimum atomic E-state index is 0.250. The monoisotopic (exact) mass is 1880 g/mol. The Morgan fingerprint density at radius 3 is 0.847 bits per heavy atom. The summed E-state index contributed by atoms with van der Waals surface area (Å²) in [5.74, 6) is 6.80. The van der Waals surface area contributed by atoms with Crippen LogP contribution in [0.4, 0.5) is 35.2 Å². The van der Waals surface area contributed by atoms with Gasteiger partial charge in [0.2, 0.25) is 23.8 Å². The first-order valence-electron chi connectivity index (χ1n) is 39.4. The lowest BCUT2D eigenvalue weighted by molar-refractivity contribution is 0.380. The van der Waals surface area contributed by atoms with Crippen LogP contribution in [0.25, 0.3) is 146 Å². The van der Waals surface area contributed by atoms with Gasteiger partial charge in [0.15, 0.2) is 0 Å². The number of benzene rings is 7. The Kier molecular flexibility index (Phi) is 29.0. The molecule has 131 heavy (non-hydrogen) atoms. The predicted octanol–water partition coefficient (Wildman–Crippen LogP) is 19.3. The van der Waals surface area contributed by atoms with Gasteiger partial charge in [0, 0.05) is 132 Å². The molecule has 0 aliphatic rings. The highest BCUT2D eigenvalue weighted by Crippen LogP contribution is 2.40. The number of rotatable bonds is 17. The largest absolute Gasteiger partial charge is 0.508 e. The number of aromatic hydroxyl groups is 2. The van der Waals surface area contributed by atoms with Crippen molar-refractivity contribution >= 4 is 186 Å². The smallest absolute Gasteiger partial charge is 0.316 e. The first kappa shape index (κ1) is 90.5. The van der Waals surface area contributed by atoms with Gasteiger partial charge in [0.05, 0.1) is 149 Å². The van der Waals surface area contributed by atoms with E-state index in [1.165, 1.54) is 22.7 Å². The van der Waals surface area contributed by atoms with Crippen molar-refractivity contribution in [3.05, 3.63) is 226 Å². The van der Waals surface area contributed by atoms with E-state index in [1.54, 1.807) is 218 Å². The summed E-state index contributed by atoms with van der Waals surface area (Å²) in [5, 5.41) is 30.8. The fourth-order valence-electron chi connectivity index (χ4n) is 11.9. The summed E-state index contributed by atoms with van der Waals surface area (Å²) in [7, 11) is 21.2. The molecule has 7 aromatic carbocycles. The first-order valence-corrected chi connectivity index (χ1v) is 45.1. The van der Waals surface area contributed by atoms with Gasteiger partial charge in [-0.15, -0.1) is 79.4 Å². The molecule has 0 aliphatic heterocycles. The molecule has 0 saturated heterocycles. The van der Waals surface area contributed by atoms with Crippen LogP contribution in [0.15, 0.2) is 226 Å². The van der Waals surface area contributed by atoms with Crippen molar-refractivity contribution < 1.29 is 38.6 Å². The molecule has 14 aromatic heterocycles. The highest BCUT2D eigenvalue weighted by molar-refractivity contribution is 7.24. The molecule has 0 saturated carbocycles. The van der Waals surface area contributed by atoms with Crippen LogP contribution in [0, 0.1) is 0 Å². The molecule has 0 fully saturated rings. The molecule has 660 valence electrons. The predicted molar refractivity (Wildman–Crippen MR) is 528 cm³/mol. The van der Waals surface area contributed by atoms with Crippen LogP contribution < -0.4 is 60.3 Å². The molecule has 21 aromatic rings. The molecule has 0 spiro atoms. The lowest BCUT2D eigenvalue weighted by atomic mass is 10.3. The maximum absolute atomic E-state index is 9.46. The molecule has 0 amide bonds. The van der Waals surface area contributed by atoms with Gasteiger partial charge in [-0.3, -0.25) is 9.97 Å². The van der Waals surface area contributed by atoms with Crippen LogP contribution in [0.3, 0.4) is 0 Å². The van der Waals surface area contributed by atoms with Crippen molar-refractivity contribution in [3.8, 4) is 121 Å². The quantitative estimate of drug-likeness (QED) is 0.0493. The second-order valence-electron chi connectivity index (χ2n) is 27.9. The Hall–Kier alpha value is -15.3. The van der Waals surface area contributed by atoms with Gasteiger partial charge in [0.1, 0.15) is 75.3 Å². The zero-order chi connectivity index (χ0) is 91.6. The molecule has 40 heteroatoms. The van der Waals surface area contributed by atoms with E-state index < -0.39 is 0 Å². The number of hydrogen-bond donors (Lipinski definition) is 6. The van der Waals surface area contributed by atoms with E-state index in [1.807, 2.05) is 153 Å². The van der Waals surface area contributed by atoms with Crippen molar-refractivity contribution in [3.63, 3.8) is 0 Å². The molecule has 14 heterocycles. The summed E-state index contributed by atoms with van der Waals surface area (Å²) in [6, 6.07) is 47.6. The normalized spacial score (nSPS) is 10.7. The fraction of sp³-hybridized carbons (Fsp3) is 0.132. The fourth-order valence-corrected chi connectivity index (χ4v) is 18.7. The zero-order valence-electron chi connectivity index (χ0n) is 72.1. The first-order chi connectivity index (χ1) is 63.7. The average Bonchev–Trinajstić information content (AvgIpc) is 1.71. The minimum Gasteiger partial charge on any atom is -0.508 e. The summed E-state index contributed by atoms with van der Waals surface area (Å²) < 4.78 is 38.3. The van der Waals surface area contributed by atoms with E-state index in [9.17, 15) is 10.2 Å². The van der Waals surface area contributed by atoms with Crippen molar-refractivity contribution in [2.75, 3.05) is 117 Å². The summed E-state index contributed by atoms with van der Waals surface area (Å²) in [4.78, 5) is 85.8. The second-order valence-corrected chi connectivity index (χ2v) is 35.1. The Balaban J connectivity index is 0.000000117. The number of methoxy groups -OCH3 is 6. The number of ether oxygens (including phenoxy) is 6. The van der Waals surface area contributed by atoms with Crippen LogP contribution in [-0.2, 0) is 0 Å². The molecule has 8 N–H and O–H groups in total. The Labute approximate surface area is 777 Å². The topological polar surface area (TPSA) is 423 Å². The number of nitrogens with zero attached hydrogens (tertiary/aromatic N) is 21. The number of fused-ring (bicyclic) bond motifs is 7. The third-order valence-corrected chi connectivity index (χ3v) is 26.1. The number of hydrogen-bond acceptors (Lipinski definition) is 40. The van der Waals surface area contributed by atoms with Gasteiger partial charge in [-0.25, -0.2) is 84.7 Å². The summed E-state index contributed by atoms with van der Waals surface area (Å²) in [5.41, 5.74) is 25.5. The molecule has 0 aliphatic carbocycles. The number of phenolic OH excluding ortho intramolecular Hbond substituents is 2. The third-order valence-electron chi connectivity index (χ3n) is 18.7. The summed E-state index contributed by atoms with van der Waals surface area (Å²) >= 11 is 11.0. The minimum absolute atomic E-state index is 0.250.